The molecule has 114 valence electrons. The average molecular weight is 287 g/mol. The van der Waals surface area contributed by atoms with Gasteiger partial charge in [0.25, 0.3) is 0 Å². The lowest BCUT2D eigenvalue weighted by atomic mass is 10.3. The van der Waals surface area contributed by atoms with Crippen LogP contribution in [0.1, 0.15) is 18.5 Å². The molecule has 0 saturated heterocycles. The van der Waals surface area contributed by atoms with Crippen molar-refractivity contribution in [3.8, 4) is 0 Å². The summed E-state index contributed by atoms with van der Waals surface area (Å²) in [6.07, 6.45) is 4.72. The Bertz CT molecular complexity index is 600. The highest BCUT2D eigenvalue weighted by Crippen LogP contribution is 2.24. The predicted molar refractivity (Wildman–Crippen MR) is 86.9 cm³/mol. The molecule has 1 saturated carbocycles. The van der Waals surface area contributed by atoms with E-state index in [-0.39, 0.29) is 0 Å². The maximum Gasteiger partial charge on any atom is 0.152 e. The highest BCUT2D eigenvalue weighted by molar-refractivity contribution is 5.55. The van der Waals surface area contributed by atoms with Crippen molar-refractivity contribution in [1.29, 1.82) is 0 Å². The second kappa shape index (κ2) is 6.03. The van der Waals surface area contributed by atoms with E-state index < -0.39 is 0 Å². The average Bonchev–Trinajstić information content (AvgIpc) is 3.22. The fourth-order valence-corrected chi connectivity index (χ4v) is 2.49. The standard InChI is InChI=1S/C16H25N5/c1-19(2)10-11-20(3)16-14(12-17-13-7-8-13)21-9-5-4-6-15(21)18-16/h4-6,9,13,17H,7-8,10-12H2,1-3H3. The van der Waals surface area contributed by atoms with Crippen LogP contribution in [0.3, 0.4) is 0 Å². The van der Waals surface area contributed by atoms with Gasteiger partial charge in [-0.25, -0.2) is 4.98 Å². The minimum atomic E-state index is 0.708. The molecular formula is C16H25N5. The Morgan fingerprint density at radius 1 is 1.24 bits per heavy atom. The number of hydrogen-bond acceptors (Lipinski definition) is 4. The Labute approximate surface area is 126 Å². The molecule has 5 nitrogen and oxygen atoms in total. The molecule has 2 heterocycles. The van der Waals surface area contributed by atoms with Crippen LogP contribution in [0, 0.1) is 0 Å². The SMILES string of the molecule is CN(C)CCN(C)c1nc2ccccn2c1CNC1CC1. The van der Waals surface area contributed by atoms with Gasteiger partial charge in [0, 0.05) is 38.9 Å². The van der Waals surface area contributed by atoms with Gasteiger partial charge < -0.3 is 19.5 Å². The number of likely N-dealkylation sites (N-methyl/N-ethyl adjacent to an activating group) is 2. The number of hydrogen-bond donors (Lipinski definition) is 1. The van der Waals surface area contributed by atoms with E-state index in [1.807, 2.05) is 6.07 Å². The van der Waals surface area contributed by atoms with Crippen LogP contribution in [-0.4, -0.2) is 54.6 Å². The Morgan fingerprint density at radius 2 is 2.05 bits per heavy atom. The first-order chi connectivity index (χ1) is 10.1. The number of pyridine rings is 1. The van der Waals surface area contributed by atoms with Crippen LogP contribution in [0.2, 0.25) is 0 Å². The first-order valence-corrected chi connectivity index (χ1v) is 7.70. The Hall–Kier alpha value is -1.59. The second-order valence-corrected chi connectivity index (χ2v) is 6.19. The van der Waals surface area contributed by atoms with E-state index in [0.717, 1.165) is 31.1 Å². The largest absolute Gasteiger partial charge is 0.357 e. The zero-order valence-corrected chi connectivity index (χ0v) is 13.2. The van der Waals surface area contributed by atoms with Crippen molar-refractivity contribution >= 4 is 11.5 Å². The molecule has 0 radical (unpaired) electrons. The summed E-state index contributed by atoms with van der Waals surface area (Å²) < 4.78 is 2.21. The number of anilines is 1. The minimum Gasteiger partial charge on any atom is -0.357 e. The highest BCUT2D eigenvalue weighted by Gasteiger charge is 2.22. The van der Waals surface area contributed by atoms with Gasteiger partial charge in [-0.05, 0) is 39.1 Å². The van der Waals surface area contributed by atoms with E-state index in [2.05, 4.69) is 59.0 Å². The van der Waals surface area contributed by atoms with E-state index in [0.29, 0.717) is 6.04 Å². The summed E-state index contributed by atoms with van der Waals surface area (Å²) >= 11 is 0. The number of rotatable bonds is 7. The zero-order chi connectivity index (χ0) is 14.8. The molecule has 5 heteroatoms. The van der Waals surface area contributed by atoms with Gasteiger partial charge in [0.2, 0.25) is 0 Å². The second-order valence-electron chi connectivity index (χ2n) is 6.19. The zero-order valence-electron chi connectivity index (χ0n) is 13.2. The van der Waals surface area contributed by atoms with Gasteiger partial charge in [-0.1, -0.05) is 6.07 Å². The molecule has 0 amide bonds. The smallest absolute Gasteiger partial charge is 0.152 e. The third-order valence-corrected chi connectivity index (χ3v) is 3.99. The maximum absolute atomic E-state index is 4.82. The summed E-state index contributed by atoms with van der Waals surface area (Å²) in [6.45, 7) is 2.89. The van der Waals surface area contributed by atoms with Crippen LogP contribution < -0.4 is 10.2 Å². The molecule has 1 N–H and O–H groups in total. The molecule has 1 aliphatic rings. The Morgan fingerprint density at radius 3 is 2.76 bits per heavy atom. The van der Waals surface area contributed by atoms with Gasteiger partial charge in [-0.2, -0.15) is 0 Å². The molecule has 2 aromatic heterocycles. The van der Waals surface area contributed by atoms with Crippen LogP contribution in [0.5, 0.6) is 0 Å². The lowest BCUT2D eigenvalue weighted by molar-refractivity contribution is 0.416. The van der Waals surface area contributed by atoms with Gasteiger partial charge in [-0.3, -0.25) is 0 Å². The Kier molecular flexibility index (Phi) is 4.12. The number of nitrogens with one attached hydrogen (secondary N) is 1. The Balaban J connectivity index is 1.85. The van der Waals surface area contributed by atoms with Crippen molar-refractivity contribution in [2.24, 2.45) is 0 Å². The van der Waals surface area contributed by atoms with Crippen LogP contribution >= 0.6 is 0 Å². The summed E-state index contributed by atoms with van der Waals surface area (Å²) in [6, 6.07) is 6.89. The molecule has 1 fully saturated rings. The van der Waals surface area contributed by atoms with Crippen molar-refractivity contribution < 1.29 is 0 Å². The summed E-state index contributed by atoms with van der Waals surface area (Å²) in [5, 5.41) is 3.61. The molecule has 0 aromatic carbocycles. The molecule has 1 aliphatic carbocycles. The van der Waals surface area contributed by atoms with Crippen molar-refractivity contribution in [3.63, 3.8) is 0 Å². The summed E-state index contributed by atoms with van der Waals surface area (Å²) in [5.74, 6) is 1.09. The van der Waals surface area contributed by atoms with Crippen molar-refractivity contribution in [3.05, 3.63) is 30.1 Å². The van der Waals surface area contributed by atoms with Gasteiger partial charge >= 0.3 is 0 Å². The maximum atomic E-state index is 4.82. The first-order valence-electron chi connectivity index (χ1n) is 7.70. The molecule has 0 unspecified atom stereocenters. The molecule has 21 heavy (non-hydrogen) atoms. The van der Waals surface area contributed by atoms with Crippen LogP contribution in [0.15, 0.2) is 24.4 Å². The van der Waals surface area contributed by atoms with Crippen molar-refractivity contribution in [2.45, 2.75) is 25.4 Å². The number of aromatic nitrogens is 2. The quantitative estimate of drug-likeness (QED) is 0.839. The molecule has 0 atom stereocenters. The summed E-state index contributed by atoms with van der Waals surface area (Å²) in [5.41, 5.74) is 2.29. The van der Waals surface area contributed by atoms with E-state index >= 15 is 0 Å². The van der Waals surface area contributed by atoms with Crippen LogP contribution in [0.25, 0.3) is 5.65 Å². The fraction of sp³-hybridized carbons (Fsp3) is 0.562. The molecular weight excluding hydrogens is 262 g/mol. The lowest BCUT2D eigenvalue weighted by Crippen LogP contribution is -2.30. The number of fused-ring (bicyclic) bond motifs is 1. The summed E-state index contributed by atoms with van der Waals surface area (Å²) in [4.78, 5) is 9.28. The van der Waals surface area contributed by atoms with Crippen molar-refractivity contribution in [2.75, 3.05) is 39.1 Å². The van der Waals surface area contributed by atoms with E-state index in [9.17, 15) is 0 Å². The van der Waals surface area contributed by atoms with Crippen molar-refractivity contribution in [1.82, 2.24) is 19.6 Å². The van der Waals surface area contributed by atoms with Crippen LogP contribution in [-0.2, 0) is 6.54 Å². The summed E-state index contributed by atoms with van der Waals surface area (Å²) in [7, 11) is 6.34. The third kappa shape index (κ3) is 3.36. The predicted octanol–water partition coefficient (Wildman–Crippen LogP) is 1.58. The first kappa shape index (κ1) is 14.4. The monoisotopic (exact) mass is 287 g/mol. The normalized spacial score (nSPS) is 15.0. The molecule has 0 spiro atoms. The van der Waals surface area contributed by atoms with E-state index in [1.54, 1.807) is 0 Å². The van der Waals surface area contributed by atoms with Gasteiger partial charge in [0.1, 0.15) is 5.65 Å². The van der Waals surface area contributed by atoms with Gasteiger partial charge in [0.05, 0.1) is 5.69 Å². The molecule has 2 aromatic rings. The topological polar surface area (TPSA) is 35.8 Å². The molecule has 3 rings (SSSR count). The number of imidazole rings is 1. The lowest BCUT2D eigenvalue weighted by Gasteiger charge is -2.21. The molecule has 0 bridgehead atoms. The highest BCUT2D eigenvalue weighted by atomic mass is 15.2. The number of nitrogens with zero attached hydrogens (tertiary/aromatic N) is 4. The van der Waals surface area contributed by atoms with Gasteiger partial charge in [0.15, 0.2) is 5.82 Å². The van der Waals surface area contributed by atoms with E-state index in [4.69, 9.17) is 4.98 Å². The molecule has 0 aliphatic heterocycles. The van der Waals surface area contributed by atoms with Crippen LogP contribution in [0.4, 0.5) is 5.82 Å². The third-order valence-electron chi connectivity index (χ3n) is 3.99. The van der Waals surface area contributed by atoms with E-state index in [1.165, 1.54) is 18.5 Å². The van der Waals surface area contributed by atoms with Gasteiger partial charge in [-0.15, -0.1) is 0 Å². The fourth-order valence-electron chi connectivity index (χ4n) is 2.49. The minimum absolute atomic E-state index is 0.708.